The summed E-state index contributed by atoms with van der Waals surface area (Å²) in [6.45, 7) is 4.61. The number of nitriles is 1. The molecule has 0 aliphatic heterocycles. The molecule has 0 radical (unpaired) electrons. The molecule has 0 bridgehead atoms. The predicted octanol–water partition coefficient (Wildman–Crippen LogP) is 0.249. The van der Waals surface area contributed by atoms with Crippen molar-refractivity contribution >= 4 is 5.91 Å². The van der Waals surface area contributed by atoms with E-state index in [0.29, 0.717) is 13.2 Å². The number of ether oxygens (including phenoxy) is 1. The van der Waals surface area contributed by atoms with Crippen molar-refractivity contribution in [1.82, 2.24) is 4.90 Å². The zero-order chi connectivity index (χ0) is 12.6. The summed E-state index contributed by atoms with van der Waals surface area (Å²) in [6, 6.07) is 2.00. The standard InChI is InChI=1S/C11H20N2O3/c1-9(2)10(8-12)11(15)13(4-6-14)5-7-16-3/h9-10,14H,4-7H2,1-3H3. The van der Waals surface area contributed by atoms with Gasteiger partial charge in [-0.3, -0.25) is 4.79 Å². The van der Waals surface area contributed by atoms with Gasteiger partial charge in [-0.05, 0) is 5.92 Å². The highest BCUT2D eigenvalue weighted by atomic mass is 16.5. The minimum absolute atomic E-state index is 0.0266. The van der Waals surface area contributed by atoms with Crippen molar-refractivity contribution in [3.05, 3.63) is 0 Å². The van der Waals surface area contributed by atoms with Crippen LogP contribution in [0.3, 0.4) is 0 Å². The molecule has 1 amide bonds. The largest absolute Gasteiger partial charge is 0.395 e. The number of methoxy groups -OCH3 is 1. The number of hydrogen-bond donors (Lipinski definition) is 1. The molecule has 0 aromatic rings. The van der Waals surface area contributed by atoms with E-state index in [1.807, 2.05) is 19.9 Å². The van der Waals surface area contributed by atoms with Gasteiger partial charge in [0.2, 0.25) is 5.91 Å². The highest BCUT2D eigenvalue weighted by molar-refractivity contribution is 5.81. The third kappa shape index (κ3) is 4.60. The number of carbonyl (C=O) groups is 1. The van der Waals surface area contributed by atoms with Gasteiger partial charge < -0.3 is 14.7 Å². The van der Waals surface area contributed by atoms with Crippen molar-refractivity contribution in [3.63, 3.8) is 0 Å². The lowest BCUT2D eigenvalue weighted by atomic mass is 9.96. The van der Waals surface area contributed by atoms with Crippen LogP contribution < -0.4 is 0 Å². The van der Waals surface area contributed by atoms with Gasteiger partial charge in [-0.1, -0.05) is 13.8 Å². The van der Waals surface area contributed by atoms with Gasteiger partial charge in [0.1, 0.15) is 5.92 Å². The fraction of sp³-hybridized carbons (Fsp3) is 0.818. The number of amides is 1. The normalized spacial score (nSPS) is 12.2. The topological polar surface area (TPSA) is 73.6 Å². The Balaban J connectivity index is 4.52. The van der Waals surface area contributed by atoms with Crippen LogP contribution in [0.25, 0.3) is 0 Å². The van der Waals surface area contributed by atoms with E-state index in [1.54, 1.807) is 7.11 Å². The first-order valence-electron chi connectivity index (χ1n) is 5.36. The Bertz CT molecular complexity index is 248. The van der Waals surface area contributed by atoms with Gasteiger partial charge in [0.15, 0.2) is 0 Å². The maximum Gasteiger partial charge on any atom is 0.240 e. The van der Waals surface area contributed by atoms with Crippen molar-refractivity contribution in [2.75, 3.05) is 33.4 Å². The fourth-order valence-electron chi connectivity index (χ4n) is 1.34. The summed E-state index contributed by atoms with van der Waals surface area (Å²) in [6.07, 6.45) is 0. The number of rotatable bonds is 7. The van der Waals surface area contributed by atoms with Gasteiger partial charge in [-0.25, -0.2) is 0 Å². The van der Waals surface area contributed by atoms with Gasteiger partial charge in [0.05, 0.1) is 19.3 Å². The SMILES string of the molecule is COCCN(CCO)C(=O)C(C#N)C(C)C. The number of nitrogens with zero attached hydrogens (tertiary/aromatic N) is 2. The molecular formula is C11H20N2O3. The summed E-state index contributed by atoms with van der Waals surface area (Å²) in [5.41, 5.74) is 0. The molecule has 1 unspecified atom stereocenters. The first-order chi connectivity index (χ1) is 7.58. The Morgan fingerprint density at radius 1 is 1.50 bits per heavy atom. The second-order valence-electron chi connectivity index (χ2n) is 3.89. The number of carbonyl (C=O) groups excluding carboxylic acids is 1. The molecule has 0 saturated heterocycles. The van der Waals surface area contributed by atoms with Gasteiger partial charge in [-0.2, -0.15) is 5.26 Å². The maximum absolute atomic E-state index is 11.9. The monoisotopic (exact) mass is 228 g/mol. The van der Waals surface area contributed by atoms with E-state index < -0.39 is 5.92 Å². The molecule has 0 saturated carbocycles. The summed E-state index contributed by atoms with van der Waals surface area (Å²) in [4.78, 5) is 13.4. The highest BCUT2D eigenvalue weighted by Crippen LogP contribution is 2.13. The Kier molecular flexibility index (Phi) is 7.52. The molecule has 5 nitrogen and oxygen atoms in total. The van der Waals surface area contributed by atoms with Crippen LogP contribution in [0.5, 0.6) is 0 Å². The summed E-state index contributed by atoms with van der Waals surface area (Å²) in [5, 5.41) is 17.8. The molecule has 0 rings (SSSR count). The van der Waals surface area contributed by atoms with Crippen LogP contribution in [0.4, 0.5) is 0 Å². The van der Waals surface area contributed by atoms with Crippen LogP contribution in [0.1, 0.15) is 13.8 Å². The summed E-state index contributed by atoms with van der Waals surface area (Å²) in [5.74, 6) is -0.909. The Morgan fingerprint density at radius 3 is 2.50 bits per heavy atom. The zero-order valence-electron chi connectivity index (χ0n) is 10.1. The molecule has 92 valence electrons. The van der Waals surface area contributed by atoms with Crippen molar-refractivity contribution < 1.29 is 14.6 Å². The van der Waals surface area contributed by atoms with Gasteiger partial charge in [0.25, 0.3) is 0 Å². The third-order valence-corrected chi connectivity index (χ3v) is 2.32. The van der Waals surface area contributed by atoms with E-state index in [0.717, 1.165) is 0 Å². The van der Waals surface area contributed by atoms with Crippen LogP contribution in [0, 0.1) is 23.2 Å². The van der Waals surface area contributed by atoms with E-state index in [9.17, 15) is 4.79 Å². The summed E-state index contributed by atoms with van der Waals surface area (Å²) < 4.78 is 4.88. The lowest BCUT2D eigenvalue weighted by Crippen LogP contribution is -2.41. The van der Waals surface area contributed by atoms with Gasteiger partial charge in [0, 0.05) is 20.2 Å². The Morgan fingerprint density at radius 2 is 2.12 bits per heavy atom. The molecule has 0 aromatic carbocycles. The maximum atomic E-state index is 11.9. The molecule has 0 aromatic heterocycles. The van der Waals surface area contributed by atoms with E-state index in [4.69, 9.17) is 15.1 Å². The molecule has 5 heteroatoms. The van der Waals surface area contributed by atoms with Gasteiger partial charge in [-0.15, -0.1) is 0 Å². The fourth-order valence-corrected chi connectivity index (χ4v) is 1.34. The van der Waals surface area contributed by atoms with Crippen LogP contribution in [-0.4, -0.2) is 49.3 Å². The molecular weight excluding hydrogens is 208 g/mol. The van der Waals surface area contributed by atoms with E-state index in [1.165, 1.54) is 4.90 Å². The number of aliphatic hydroxyl groups excluding tert-OH is 1. The van der Waals surface area contributed by atoms with Gasteiger partial charge >= 0.3 is 0 Å². The Labute approximate surface area is 96.6 Å². The molecule has 0 heterocycles. The van der Waals surface area contributed by atoms with Crippen molar-refractivity contribution in [2.45, 2.75) is 13.8 Å². The zero-order valence-corrected chi connectivity index (χ0v) is 10.1. The van der Waals surface area contributed by atoms with E-state index in [-0.39, 0.29) is 25.0 Å². The minimum Gasteiger partial charge on any atom is -0.395 e. The Hall–Kier alpha value is -1.12. The highest BCUT2D eigenvalue weighted by Gasteiger charge is 2.26. The third-order valence-electron chi connectivity index (χ3n) is 2.32. The van der Waals surface area contributed by atoms with E-state index >= 15 is 0 Å². The van der Waals surface area contributed by atoms with E-state index in [2.05, 4.69) is 0 Å². The predicted molar refractivity (Wildman–Crippen MR) is 59.5 cm³/mol. The number of hydrogen-bond acceptors (Lipinski definition) is 4. The molecule has 1 atom stereocenters. The number of aliphatic hydroxyl groups is 1. The molecule has 0 aliphatic carbocycles. The molecule has 0 spiro atoms. The molecule has 1 N–H and O–H groups in total. The van der Waals surface area contributed by atoms with Crippen molar-refractivity contribution in [1.29, 1.82) is 5.26 Å². The molecule has 0 aliphatic rings. The minimum atomic E-state index is -0.650. The molecule has 0 fully saturated rings. The van der Waals surface area contributed by atoms with Crippen LogP contribution >= 0.6 is 0 Å². The van der Waals surface area contributed by atoms with Crippen molar-refractivity contribution in [2.24, 2.45) is 11.8 Å². The second kappa shape index (κ2) is 8.08. The quantitative estimate of drug-likeness (QED) is 0.678. The summed E-state index contributed by atoms with van der Waals surface area (Å²) >= 11 is 0. The first kappa shape index (κ1) is 14.9. The van der Waals surface area contributed by atoms with Crippen molar-refractivity contribution in [3.8, 4) is 6.07 Å². The molecule has 16 heavy (non-hydrogen) atoms. The van der Waals surface area contributed by atoms with Crippen LogP contribution in [0.2, 0.25) is 0 Å². The van der Waals surface area contributed by atoms with Crippen LogP contribution in [0.15, 0.2) is 0 Å². The lowest BCUT2D eigenvalue weighted by molar-refractivity contribution is -0.136. The second-order valence-corrected chi connectivity index (χ2v) is 3.89. The van der Waals surface area contributed by atoms with Crippen LogP contribution in [-0.2, 0) is 9.53 Å². The first-order valence-corrected chi connectivity index (χ1v) is 5.36. The smallest absolute Gasteiger partial charge is 0.240 e. The lowest BCUT2D eigenvalue weighted by Gasteiger charge is -2.25. The average molecular weight is 228 g/mol. The summed E-state index contributed by atoms with van der Waals surface area (Å²) in [7, 11) is 1.55. The average Bonchev–Trinajstić information content (AvgIpc) is 2.24.